The minimum atomic E-state index is -0.404. The zero-order valence-corrected chi connectivity index (χ0v) is 10.1. The highest BCUT2D eigenvalue weighted by Gasteiger charge is 2.32. The van der Waals surface area contributed by atoms with E-state index in [9.17, 15) is 9.59 Å². The summed E-state index contributed by atoms with van der Waals surface area (Å²) >= 11 is 0. The zero-order valence-electron chi connectivity index (χ0n) is 10.1. The topological polar surface area (TPSA) is 49.4 Å². The molecule has 1 aromatic rings. The summed E-state index contributed by atoms with van der Waals surface area (Å²) in [4.78, 5) is 24.6. The molecule has 1 aromatic carbocycles. The molecule has 0 aliphatic carbocycles. The minimum Gasteiger partial charge on any atom is -0.303 e. The highest BCUT2D eigenvalue weighted by molar-refractivity contribution is 6.14. The number of aryl methyl sites for hydroxylation is 1. The molecule has 0 saturated carbocycles. The van der Waals surface area contributed by atoms with Crippen LogP contribution in [0.4, 0.5) is 4.79 Å². The van der Waals surface area contributed by atoms with Crippen LogP contribution in [0.2, 0.25) is 0 Å². The lowest BCUT2D eigenvalue weighted by Gasteiger charge is -2.06. The number of carbonyl (C=O) groups is 2. The number of amides is 3. The third-order valence-electron chi connectivity index (χ3n) is 2.63. The number of benzene rings is 1. The SMILES string of the molecule is C=CCN1C(=O)N/C(=C/c2cccc(C)c2)C1=O. The van der Waals surface area contributed by atoms with Crippen LogP contribution in [0.5, 0.6) is 0 Å². The summed E-state index contributed by atoms with van der Waals surface area (Å²) < 4.78 is 0. The molecule has 0 spiro atoms. The van der Waals surface area contributed by atoms with Crippen molar-refractivity contribution in [2.75, 3.05) is 6.54 Å². The van der Waals surface area contributed by atoms with Crippen LogP contribution in [-0.4, -0.2) is 23.4 Å². The normalized spacial score (nSPS) is 17.2. The first-order valence-electron chi connectivity index (χ1n) is 5.64. The van der Waals surface area contributed by atoms with E-state index in [1.807, 2.05) is 31.2 Å². The third kappa shape index (κ3) is 2.32. The smallest absolute Gasteiger partial charge is 0.303 e. The Hall–Kier alpha value is -2.36. The molecule has 4 nitrogen and oxygen atoms in total. The highest BCUT2D eigenvalue weighted by Crippen LogP contribution is 2.14. The number of nitrogens with zero attached hydrogens (tertiary/aromatic N) is 1. The van der Waals surface area contributed by atoms with Gasteiger partial charge in [-0.05, 0) is 18.6 Å². The van der Waals surface area contributed by atoms with Gasteiger partial charge >= 0.3 is 6.03 Å². The lowest BCUT2D eigenvalue weighted by atomic mass is 10.1. The van der Waals surface area contributed by atoms with E-state index in [-0.39, 0.29) is 12.5 Å². The van der Waals surface area contributed by atoms with Gasteiger partial charge in [0.25, 0.3) is 5.91 Å². The van der Waals surface area contributed by atoms with E-state index in [1.165, 1.54) is 6.08 Å². The average Bonchev–Trinajstić information content (AvgIpc) is 2.57. The summed E-state index contributed by atoms with van der Waals surface area (Å²) in [5.41, 5.74) is 2.29. The first-order valence-corrected chi connectivity index (χ1v) is 5.64. The molecule has 1 aliphatic rings. The Labute approximate surface area is 106 Å². The Balaban J connectivity index is 2.27. The summed E-state index contributed by atoms with van der Waals surface area (Å²) in [6.45, 7) is 5.71. The lowest BCUT2D eigenvalue weighted by Crippen LogP contribution is -2.30. The molecule has 1 saturated heterocycles. The van der Waals surface area contributed by atoms with Crippen molar-refractivity contribution in [3.05, 3.63) is 53.7 Å². The molecule has 92 valence electrons. The maximum absolute atomic E-state index is 11.9. The lowest BCUT2D eigenvalue weighted by molar-refractivity contribution is -0.122. The zero-order chi connectivity index (χ0) is 13.1. The Morgan fingerprint density at radius 3 is 2.83 bits per heavy atom. The largest absolute Gasteiger partial charge is 0.329 e. The van der Waals surface area contributed by atoms with Gasteiger partial charge in [-0.1, -0.05) is 35.9 Å². The molecule has 4 heteroatoms. The van der Waals surface area contributed by atoms with E-state index in [2.05, 4.69) is 11.9 Å². The Morgan fingerprint density at radius 2 is 2.17 bits per heavy atom. The van der Waals surface area contributed by atoms with Crippen molar-refractivity contribution < 1.29 is 9.59 Å². The van der Waals surface area contributed by atoms with E-state index >= 15 is 0 Å². The van der Waals surface area contributed by atoms with Crippen LogP contribution in [-0.2, 0) is 4.79 Å². The quantitative estimate of drug-likeness (QED) is 0.501. The molecule has 0 bridgehead atoms. The predicted molar refractivity (Wildman–Crippen MR) is 69.6 cm³/mol. The molecule has 0 unspecified atom stereocenters. The van der Waals surface area contributed by atoms with Crippen LogP contribution in [0.3, 0.4) is 0 Å². The van der Waals surface area contributed by atoms with Crippen LogP contribution in [0, 0.1) is 6.92 Å². The van der Waals surface area contributed by atoms with Gasteiger partial charge in [-0.2, -0.15) is 0 Å². The second kappa shape index (κ2) is 4.87. The van der Waals surface area contributed by atoms with Crippen LogP contribution in [0.15, 0.2) is 42.6 Å². The van der Waals surface area contributed by atoms with Gasteiger partial charge in [-0.25, -0.2) is 4.79 Å². The predicted octanol–water partition coefficient (Wildman–Crippen LogP) is 2.07. The van der Waals surface area contributed by atoms with Crippen molar-refractivity contribution in [1.82, 2.24) is 10.2 Å². The molecular formula is C14H14N2O2. The van der Waals surface area contributed by atoms with Gasteiger partial charge < -0.3 is 5.32 Å². The summed E-state index contributed by atoms with van der Waals surface area (Å²) in [6.07, 6.45) is 3.20. The number of carbonyl (C=O) groups excluding carboxylic acids is 2. The first kappa shape index (κ1) is 12.1. The summed E-state index contributed by atoms with van der Waals surface area (Å²) in [7, 11) is 0. The van der Waals surface area contributed by atoms with E-state index in [0.29, 0.717) is 5.70 Å². The number of rotatable bonds is 3. The number of imide groups is 1. The average molecular weight is 242 g/mol. The molecule has 1 fully saturated rings. The van der Waals surface area contributed by atoms with Crippen molar-refractivity contribution in [2.45, 2.75) is 6.92 Å². The fraction of sp³-hybridized carbons (Fsp3) is 0.143. The van der Waals surface area contributed by atoms with E-state index in [1.54, 1.807) is 6.08 Å². The van der Waals surface area contributed by atoms with Crippen molar-refractivity contribution in [2.24, 2.45) is 0 Å². The molecular weight excluding hydrogens is 228 g/mol. The monoisotopic (exact) mass is 242 g/mol. The van der Waals surface area contributed by atoms with Gasteiger partial charge in [0, 0.05) is 6.54 Å². The number of urea groups is 1. The second-order valence-electron chi connectivity index (χ2n) is 4.11. The molecule has 2 rings (SSSR count). The van der Waals surface area contributed by atoms with Crippen LogP contribution < -0.4 is 5.32 Å². The number of hydrogen-bond donors (Lipinski definition) is 1. The fourth-order valence-electron chi connectivity index (χ4n) is 1.79. The fourth-order valence-corrected chi connectivity index (χ4v) is 1.79. The summed E-state index contributed by atoms with van der Waals surface area (Å²) in [5, 5.41) is 2.56. The molecule has 0 atom stereocenters. The van der Waals surface area contributed by atoms with Gasteiger partial charge in [0.05, 0.1) is 0 Å². The van der Waals surface area contributed by atoms with Crippen LogP contribution in [0.25, 0.3) is 6.08 Å². The van der Waals surface area contributed by atoms with E-state index in [4.69, 9.17) is 0 Å². The van der Waals surface area contributed by atoms with Crippen LogP contribution in [0.1, 0.15) is 11.1 Å². The standard InChI is InChI=1S/C14H14N2O2/c1-3-7-16-13(17)12(15-14(16)18)9-11-6-4-5-10(2)8-11/h3-6,8-9H,1,7H2,2H3,(H,15,18)/b12-9+. The van der Waals surface area contributed by atoms with Crippen molar-refractivity contribution >= 4 is 18.0 Å². The second-order valence-corrected chi connectivity index (χ2v) is 4.11. The Bertz CT molecular complexity index is 546. The molecule has 0 aromatic heterocycles. The summed E-state index contributed by atoms with van der Waals surface area (Å²) in [5.74, 6) is -0.318. The van der Waals surface area contributed by atoms with E-state index in [0.717, 1.165) is 16.0 Å². The minimum absolute atomic E-state index is 0.218. The first-order chi connectivity index (χ1) is 8.61. The van der Waals surface area contributed by atoms with Gasteiger partial charge in [-0.3, -0.25) is 9.69 Å². The maximum atomic E-state index is 11.9. The van der Waals surface area contributed by atoms with E-state index < -0.39 is 6.03 Å². The van der Waals surface area contributed by atoms with Gasteiger partial charge in [0.2, 0.25) is 0 Å². The maximum Gasteiger partial charge on any atom is 0.329 e. The van der Waals surface area contributed by atoms with Gasteiger partial charge in [0.15, 0.2) is 0 Å². The third-order valence-corrected chi connectivity index (χ3v) is 2.63. The van der Waals surface area contributed by atoms with Crippen molar-refractivity contribution in [3.63, 3.8) is 0 Å². The molecule has 3 amide bonds. The molecule has 1 N–H and O–H groups in total. The van der Waals surface area contributed by atoms with Crippen molar-refractivity contribution in [3.8, 4) is 0 Å². The van der Waals surface area contributed by atoms with Gasteiger partial charge in [-0.15, -0.1) is 6.58 Å². The Morgan fingerprint density at radius 1 is 1.39 bits per heavy atom. The molecule has 1 heterocycles. The number of hydrogen-bond acceptors (Lipinski definition) is 2. The van der Waals surface area contributed by atoms with Crippen molar-refractivity contribution in [1.29, 1.82) is 0 Å². The van der Waals surface area contributed by atoms with Gasteiger partial charge in [0.1, 0.15) is 5.70 Å². The molecule has 1 aliphatic heterocycles. The molecule has 18 heavy (non-hydrogen) atoms. The number of nitrogens with one attached hydrogen (secondary N) is 1. The van der Waals surface area contributed by atoms with Crippen LogP contribution >= 0.6 is 0 Å². The Kier molecular flexibility index (Phi) is 3.28. The highest BCUT2D eigenvalue weighted by atomic mass is 16.2. The molecule has 0 radical (unpaired) electrons. The summed E-state index contributed by atoms with van der Waals surface area (Å²) in [6, 6.07) is 7.31.